The molecular formula is C24H17FN4O3S. The number of amides is 1. The van der Waals surface area contributed by atoms with Gasteiger partial charge >= 0.3 is 0 Å². The SMILES string of the molecule is O=C(Cc1cn(Cc2ccc(F)cc2)c2ccccc12)Nc1nc2ccc([N+](=O)[O-])cc2s1. The van der Waals surface area contributed by atoms with E-state index >= 15 is 0 Å². The number of carbonyl (C=O) groups is 1. The molecule has 3 aromatic carbocycles. The lowest BCUT2D eigenvalue weighted by Crippen LogP contribution is -2.14. The Morgan fingerprint density at radius 2 is 1.91 bits per heavy atom. The van der Waals surface area contributed by atoms with Crippen molar-refractivity contribution in [1.82, 2.24) is 9.55 Å². The van der Waals surface area contributed by atoms with Crippen LogP contribution in [0.15, 0.2) is 72.9 Å². The summed E-state index contributed by atoms with van der Waals surface area (Å²) in [4.78, 5) is 27.6. The molecule has 0 saturated heterocycles. The van der Waals surface area contributed by atoms with Crippen molar-refractivity contribution >= 4 is 49.2 Å². The van der Waals surface area contributed by atoms with Crippen LogP contribution in [0.4, 0.5) is 15.2 Å². The summed E-state index contributed by atoms with van der Waals surface area (Å²) in [5.41, 5.74) is 3.38. The molecule has 0 saturated carbocycles. The number of carbonyl (C=O) groups excluding carboxylic acids is 1. The van der Waals surface area contributed by atoms with E-state index in [-0.39, 0.29) is 23.8 Å². The fourth-order valence-electron chi connectivity index (χ4n) is 3.80. The second-order valence-electron chi connectivity index (χ2n) is 7.58. The summed E-state index contributed by atoms with van der Waals surface area (Å²) in [6, 6.07) is 18.6. The van der Waals surface area contributed by atoms with Crippen LogP contribution < -0.4 is 5.32 Å². The second kappa shape index (κ2) is 8.44. The fourth-order valence-corrected chi connectivity index (χ4v) is 4.71. The van der Waals surface area contributed by atoms with Crippen molar-refractivity contribution in [3.05, 3.63) is 100.0 Å². The molecule has 164 valence electrons. The molecular weight excluding hydrogens is 443 g/mol. The van der Waals surface area contributed by atoms with Crippen LogP contribution >= 0.6 is 11.3 Å². The number of nitro groups is 1. The van der Waals surface area contributed by atoms with Crippen molar-refractivity contribution in [1.29, 1.82) is 0 Å². The van der Waals surface area contributed by atoms with Gasteiger partial charge in [0, 0.05) is 35.8 Å². The van der Waals surface area contributed by atoms with Gasteiger partial charge in [-0.1, -0.05) is 41.7 Å². The van der Waals surface area contributed by atoms with E-state index in [1.54, 1.807) is 18.2 Å². The highest BCUT2D eigenvalue weighted by Gasteiger charge is 2.15. The van der Waals surface area contributed by atoms with Gasteiger partial charge in [-0.25, -0.2) is 9.37 Å². The Morgan fingerprint density at radius 1 is 1.12 bits per heavy atom. The van der Waals surface area contributed by atoms with E-state index in [2.05, 4.69) is 10.3 Å². The highest BCUT2D eigenvalue weighted by molar-refractivity contribution is 7.22. The zero-order chi connectivity index (χ0) is 22.9. The zero-order valence-electron chi connectivity index (χ0n) is 17.2. The lowest BCUT2D eigenvalue weighted by Gasteiger charge is -2.05. The van der Waals surface area contributed by atoms with E-state index in [0.717, 1.165) is 22.0 Å². The van der Waals surface area contributed by atoms with Gasteiger partial charge in [0.2, 0.25) is 5.91 Å². The van der Waals surface area contributed by atoms with Gasteiger partial charge in [0.15, 0.2) is 5.13 Å². The highest BCUT2D eigenvalue weighted by Crippen LogP contribution is 2.29. The normalized spacial score (nSPS) is 11.2. The summed E-state index contributed by atoms with van der Waals surface area (Å²) in [6.45, 7) is 0.555. The van der Waals surface area contributed by atoms with E-state index in [9.17, 15) is 19.3 Å². The van der Waals surface area contributed by atoms with Gasteiger partial charge < -0.3 is 9.88 Å². The first kappa shape index (κ1) is 20.8. The first-order valence-corrected chi connectivity index (χ1v) is 10.9. The van der Waals surface area contributed by atoms with Crippen molar-refractivity contribution in [2.75, 3.05) is 5.32 Å². The molecule has 2 heterocycles. The number of fused-ring (bicyclic) bond motifs is 2. The number of thiazole rings is 1. The molecule has 33 heavy (non-hydrogen) atoms. The molecule has 1 amide bonds. The van der Waals surface area contributed by atoms with E-state index in [1.807, 2.05) is 35.0 Å². The summed E-state index contributed by atoms with van der Waals surface area (Å²) in [5.74, 6) is -0.508. The van der Waals surface area contributed by atoms with Crippen LogP contribution in [0, 0.1) is 15.9 Å². The number of aromatic nitrogens is 2. The number of nitrogens with zero attached hydrogens (tertiary/aromatic N) is 3. The molecule has 5 aromatic rings. The fraction of sp³-hybridized carbons (Fsp3) is 0.0833. The maximum atomic E-state index is 13.2. The predicted molar refractivity (Wildman–Crippen MR) is 126 cm³/mol. The molecule has 1 N–H and O–H groups in total. The molecule has 0 aliphatic carbocycles. The minimum atomic E-state index is -0.459. The second-order valence-corrected chi connectivity index (χ2v) is 8.61. The third-order valence-corrected chi connectivity index (χ3v) is 6.25. The lowest BCUT2D eigenvalue weighted by molar-refractivity contribution is -0.384. The van der Waals surface area contributed by atoms with Gasteiger partial charge in [0.1, 0.15) is 5.82 Å². The molecule has 0 spiro atoms. The number of para-hydroxylation sites is 1. The van der Waals surface area contributed by atoms with Gasteiger partial charge in [-0.05, 0) is 35.4 Å². The van der Waals surface area contributed by atoms with Crippen molar-refractivity contribution in [2.45, 2.75) is 13.0 Å². The maximum Gasteiger partial charge on any atom is 0.270 e. The summed E-state index contributed by atoms with van der Waals surface area (Å²) in [5, 5.41) is 15.1. The minimum Gasteiger partial charge on any atom is -0.343 e. The van der Waals surface area contributed by atoms with Crippen LogP contribution in [-0.4, -0.2) is 20.4 Å². The van der Waals surface area contributed by atoms with Crippen LogP contribution in [0.1, 0.15) is 11.1 Å². The highest BCUT2D eigenvalue weighted by atomic mass is 32.1. The largest absolute Gasteiger partial charge is 0.343 e. The molecule has 5 rings (SSSR count). The summed E-state index contributed by atoms with van der Waals surface area (Å²) in [6.07, 6.45) is 2.09. The van der Waals surface area contributed by atoms with Gasteiger partial charge in [-0.3, -0.25) is 14.9 Å². The monoisotopic (exact) mass is 460 g/mol. The third kappa shape index (κ3) is 4.31. The third-order valence-electron chi connectivity index (χ3n) is 5.32. The number of halogens is 1. The zero-order valence-corrected chi connectivity index (χ0v) is 18.0. The Kier molecular flexibility index (Phi) is 5.31. The standard InChI is InChI=1S/C24H17FN4O3S/c25-17-7-5-15(6-8-17)13-28-14-16(19-3-1-2-4-21(19)28)11-23(30)27-24-26-20-10-9-18(29(31)32)12-22(20)33-24/h1-10,12,14H,11,13H2,(H,26,27,30). The van der Waals surface area contributed by atoms with Crippen LogP contribution in [-0.2, 0) is 17.8 Å². The average Bonchev–Trinajstić information content (AvgIpc) is 3.35. The summed E-state index contributed by atoms with van der Waals surface area (Å²) in [7, 11) is 0. The number of anilines is 1. The van der Waals surface area contributed by atoms with Crippen molar-refractivity contribution in [2.24, 2.45) is 0 Å². The Bertz CT molecular complexity index is 1510. The van der Waals surface area contributed by atoms with Crippen LogP contribution in [0.2, 0.25) is 0 Å². The van der Waals surface area contributed by atoms with Crippen LogP contribution in [0.5, 0.6) is 0 Å². The molecule has 0 bridgehead atoms. The number of benzene rings is 3. The lowest BCUT2D eigenvalue weighted by atomic mass is 10.1. The van der Waals surface area contributed by atoms with Crippen LogP contribution in [0.25, 0.3) is 21.1 Å². The smallest absolute Gasteiger partial charge is 0.270 e. The topological polar surface area (TPSA) is 90.1 Å². The molecule has 0 aliphatic rings. The van der Waals surface area contributed by atoms with Gasteiger partial charge in [0.05, 0.1) is 21.6 Å². The Hall–Kier alpha value is -4.11. The minimum absolute atomic E-state index is 0.0157. The molecule has 0 aliphatic heterocycles. The number of nitro benzene ring substituents is 1. The molecule has 0 fully saturated rings. The number of non-ortho nitro benzene ring substituents is 1. The number of hydrogen-bond acceptors (Lipinski definition) is 5. The van der Waals surface area contributed by atoms with E-state index in [0.29, 0.717) is 21.9 Å². The molecule has 2 aromatic heterocycles. The summed E-state index contributed by atoms with van der Waals surface area (Å²) < 4.78 is 15.9. The Balaban J connectivity index is 1.37. The van der Waals surface area contributed by atoms with E-state index < -0.39 is 4.92 Å². The Labute approximate surface area is 191 Å². The first-order chi connectivity index (χ1) is 16.0. The van der Waals surface area contributed by atoms with Crippen LogP contribution in [0.3, 0.4) is 0 Å². The first-order valence-electron chi connectivity index (χ1n) is 10.1. The van der Waals surface area contributed by atoms with E-state index in [1.165, 1.54) is 35.6 Å². The number of rotatable bonds is 6. The number of nitrogens with one attached hydrogen (secondary N) is 1. The predicted octanol–water partition coefficient (Wildman–Crippen LogP) is 5.53. The molecule has 0 atom stereocenters. The van der Waals surface area contributed by atoms with Gasteiger partial charge in [0.25, 0.3) is 5.69 Å². The number of hydrogen-bond donors (Lipinski definition) is 1. The molecule has 9 heteroatoms. The van der Waals surface area contributed by atoms with Crippen molar-refractivity contribution in [3.8, 4) is 0 Å². The average molecular weight is 460 g/mol. The van der Waals surface area contributed by atoms with Gasteiger partial charge in [-0.15, -0.1) is 0 Å². The van der Waals surface area contributed by atoms with Gasteiger partial charge in [-0.2, -0.15) is 0 Å². The van der Waals surface area contributed by atoms with Crippen molar-refractivity contribution in [3.63, 3.8) is 0 Å². The Morgan fingerprint density at radius 3 is 2.70 bits per heavy atom. The summed E-state index contributed by atoms with van der Waals surface area (Å²) >= 11 is 1.20. The quantitative estimate of drug-likeness (QED) is 0.267. The molecule has 7 nitrogen and oxygen atoms in total. The molecule has 0 radical (unpaired) electrons. The molecule has 0 unspecified atom stereocenters. The maximum absolute atomic E-state index is 13.2. The van der Waals surface area contributed by atoms with Crippen molar-refractivity contribution < 1.29 is 14.1 Å². The van der Waals surface area contributed by atoms with E-state index in [4.69, 9.17) is 0 Å².